The smallest absolute Gasteiger partial charge is 0.0492 e. The van der Waals surface area contributed by atoms with Gasteiger partial charge >= 0.3 is 0 Å². The van der Waals surface area contributed by atoms with E-state index >= 15 is 0 Å². The van der Waals surface area contributed by atoms with Gasteiger partial charge in [-0.15, -0.1) is 0 Å². The van der Waals surface area contributed by atoms with Crippen molar-refractivity contribution in [1.29, 1.82) is 0 Å². The number of nitrogens with zero attached hydrogens (tertiary/aromatic N) is 1. The second kappa shape index (κ2) is 7.52. The summed E-state index contributed by atoms with van der Waals surface area (Å²) in [4.78, 5) is 0. The molecule has 0 aliphatic heterocycles. The molecule has 174 valence electrons. The zero-order valence-electron chi connectivity index (χ0n) is 20.0. The van der Waals surface area contributed by atoms with Gasteiger partial charge in [-0.25, -0.2) is 0 Å². The van der Waals surface area contributed by atoms with Crippen molar-refractivity contribution in [2.24, 2.45) is 17.3 Å². The molecule has 4 fully saturated rings. The van der Waals surface area contributed by atoms with Crippen LogP contribution in [0.1, 0.15) is 51.0 Å². The molecule has 4 saturated carbocycles. The van der Waals surface area contributed by atoms with E-state index in [2.05, 4.69) is 83.5 Å². The standard InChI is InChI=1S/C31H33ClN2/c1-2-34-28-6-4-3-5-26(28)27-14-25(11-12-29(27)34)33-20-30-15-21-13-22(16-30)18-31(17-21,19-30)23-7-9-24(32)10-8-23/h3-12,14,21-22,33H,2,13,15-20H2,1H3. The van der Waals surface area contributed by atoms with Crippen molar-refractivity contribution in [3.05, 3.63) is 77.3 Å². The molecule has 0 amide bonds. The van der Waals surface area contributed by atoms with Crippen molar-refractivity contribution in [2.75, 3.05) is 11.9 Å². The largest absolute Gasteiger partial charge is 0.384 e. The molecular weight excluding hydrogens is 436 g/mol. The van der Waals surface area contributed by atoms with E-state index in [4.69, 9.17) is 11.6 Å². The maximum Gasteiger partial charge on any atom is 0.0492 e. The minimum Gasteiger partial charge on any atom is -0.384 e. The fourth-order valence-corrected chi connectivity index (χ4v) is 8.72. The van der Waals surface area contributed by atoms with Crippen LogP contribution in [0.5, 0.6) is 0 Å². The Balaban J connectivity index is 1.20. The van der Waals surface area contributed by atoms with Gasteiger partial charge in [0.25, 0.3) is 0 Å². The lowest BCUT2D eigenvalue weighted by Gasteiger charge is -2.62. The third-order valence-electron chi connectivity index (χ3n) is 9.39. The highest BCUT2D eigenvalue weighted by Crippen LogP contribution is 2.65. The number of nitrogens with one attached hydrogen (secondary N) is 1. The van der Waals surface area contributed by atoms with Gasteiger partial charge in [-0.05, 0) is 110 Å². The van der Waals surface area contributed by atoms with E-state index in [1.165, 1.54) is 71.6 Å². The Kier molecular flexibility index (Phi) is 4.62. The number of benzene rings is 3. The summed E-state index contributed by atoms with van der Waals surface area (Å²) in [5, 5.41) is 7.51. The fraction of sp³-hybridized carbons (Fsp3) is 0.419. The highest BCUT2D eigenvalue weighted by atomic mass is 35.5. The van der Waals surface area contributed by atoms with Crippen LogP contribution < -0.4 is 5.32 Å². The van der Waals surface area contributed by atoms with Crippen LogP contribution in [0.3, 0.4) is 0 Å². The van der Waals surface area contributed by atoms with Crippen molar-refractivity contribution < 1.29 is 0 Å². The second-order valence-corrected chi connectivity index (χ2v) is 12.0. The van der Waals surface area contributed by atoms with Gasteiger partial charge in [0.1, 0.15) is 0 Å². The van der Waals surface area contributed by atoms with Crippen molar-refractivity contribution in [2.45, 2.75) is 57.4 Å². The molecule has 4 aliphatic carbocycles. The number of rotatable bonds is 5. The number of aromatic nitrogens is 1. The number of hydrogen-bond acceptors (Lipinski definition) is 1. The van der Waals surface area contributed by atoms with Crippen molar-refractivity contribution >= 4 is 39.1 Å². The molecule has 2 unspecified atom stereocenters. The molecule has 3 aromatic carbocycles. The molecule has 1 aromatic heterocycles. The van der Waals surface area contributed by atoms with E-state index in [0.717, 1.165) is 29.9 Å². The van der Waals surface area contributed by atoms with Gasteiger partial charge in [0.05, 0.1) is 0 Å². The zero-order chi connectivity index (χ0) is 22.9. The first-order valence-corrected chi connectivity index (χ1v) is 13.5. The zero-order valence-corrected chi connectivity index (χ0v) is 20.7. The highest BCUT2D eigenvalue weighted by Gasteiger charge is 2.57. The lowest BCUT2D eigenvalue weighted by molar-refractivity contribution is -0.0645. The summed E-state index contributed by atoms with van der Waals surface area (Å²) in [5.41, 5.74) is 6.24. The van der Waals surface area contributed by atoms with Crippen LogP contribution >= 0.6 is 11.6 Å². The molecule has 34 heavy (non-hydrogen) atoms. The molecule has 3 heteroatoms. The first kappa shape index (κ1) is 20.9. The van der Waals surface area contributed by atoms with Crippen LogP contribution in [0.4, 0.5) is 5.69 Å². The molecular formula is C31H33ClN2. The molecule has 1 N–H and O–H groups in total. The number of fused-ring (bicyclic) bond motifs is 3. The molecule has 0 radical (unpaired) electrons. The molecule has 4 aromatic rings. The molecule has 1 heterocycles. The molecule has 2 nitrogen and oxygen atoms in total. The molecule has 8 rings (SSSR count). The van der Waals surface area contributed by atoms with E-state index in [1.807, 2.05) is 0 Å². The Labute approximate surface area is 207 Å². The Bertz CT molecular complexity index is 1370. The van der Waals surface area contributed by atoms with Crippen LogP contribution in [0, 0.1) is 17.3 Å². The summed E-state index contributed by atoms with van der Waals surface area (Å²) in [6.45, 7) is 4.32. The molecule has 0 saturated heterocycles. The van der Waals surface area contributed by atoms with Gasteiger partial charge in [-0.1, -0.05) is 41.9 Å². The predicted octanol–water partition coefficient (Wildman–Crippen LogP) is 8.42. The third-order valence-corrected chi connectivity index (χ3v) is 9.65. The van der Waals surface area contributed by atoms with Crippen molar-refractivity contribution in [1.82, 2.24) is 4.57 Å². The van der Waals surface area contributed by atoms with Gasteiger partial charge in [-0.3, -0.25) is 0 Å². The molecule has 4 aliphatic rings. The molecule has 4 bridgehead atoms. The SMILES string of the molecule is CCn1c2ccccc2c2cc(NCC34CC5CC(C3)CC(c3ccc(Cl)cc3)(C5)C4)ccc21. The van der Waals surface area contributed by atoms with Crippen LogP contribution in [-0.4, -0.2) is 11.1 Å². The van der Waals surface area contributed by atoms with Crippen molar-refractivity contribution in [3.8, 4) is 0 Å². The highest BCUT2D eigenvalue weighted by molar-refractivity contribution is 6.30. The number of halogens is 1. The van der Waals surface area contributed by atoms with Crippen LogP contribution in [0.15, 0.2) is 66.7 Å². The average molecular weight is 469 g/mol. The quantitative estimate of drug-likeness (QED) is 0.311. The van der Waals surface area contributed by atoms with Crippen molar-refractivity contribution in [3.63, 3.8) is 0 Å². The van der Waals surface area contributed by atoms with E-state index in [-0.39, 0.29) is 0 Å². The molecule has 0 spiro atoms. The monoisotopic (exact) mass is 468 g/mol. The summed E-state index contributed by atoms with van der Waals surface area (Å²) in [5.74, 6) is 1.76. The van der Waals surface area contributed by atoms with Gasteiger partial charge in [0.2, 0.25) is 0 Å². The first-order valence-electron chi connectivity index (χ1n) is 13.1. The maximum atomic E-state index is 6.24. The van der Waals surface area contributed by atoms with Gasteiger partial charge in [0, 0.05) is 45.6 Å². The topological polar surface area (TPSA) is 17.0 Å². The second-order valence-electron chi connectivity index (χ2n) is 11.6. The maximum absolute atomic E-state index is 6.24. The number of hydrogen-bond donors (Lipinski definition) is 1. The Morgan fingerprint density at radius 3 is 2.38 bits per heavy atom. The van der Waals surface area contributed by atoms with E-state index in [1.54, 1.807) is 0 Å². The first-order chi connectivity index (χ1) is 16.6. The Morgan fingerprint density at radius 1 is 0.882 bits per heavy atom. The minimum absolute atomic E-state index is 0.356. The summed E-state index contributed by atoms with van der Waals surface area (Å²) < 4.78 is 2.43. The van der Waals surface area contributed by atoms with Gasteiger partial charge in [-0.2, -0.15) is 0 Å². The minimum atomic E-state index is 0.356. The Hall–Kier alpha value is -2.45. The predicted molar refractivity (Wildman–Crippen MR) is 144 cm³/mol. The Morgan fingerprint density at radius 2 is 1.62 bits per heavy atom. The van der Waals surface area contributed by atoms with Crippen LogP contribution in [0.25, 0.3) is 21.8 Å². The summed E-state index contributed by atoms with van der Waals surface area (Å²) in [7, 11) is 0. The van der Waals surface area contributed by atoms with Crippen LogP contribution in [0.2, 0.25) is 5.02 Å². The van der Waals surface area contributed by atoms with Gasteiger partial charge < -0.3 is 9.88 Å². The summed E-state index contributed by atoms with van der Waals surface area (Å²) in [6, 6.07) is 24.6. The van der Waals surface area contributed by atoms with Gasteiger partial charge in [0.15, 0.2) is 0 Å². The normalized spacial score (nSPS) is 29.8. The summed E-state index contributed by atoms with van der Waals surface area (Å²) in [6.07, 6.45) is 8.29. The third kappa shape index (κ3) is 3.14. The van der Waals surface area contributed by atoms with E-state index in [0.29, 0.717) is 10.8 Å². The summed E-state index contributed by atoms with van der Waals surface area (Å²) >= 11 is 6.24. The molecule has 2 atom stereocenters. The fourth-order valence-electron chi connectivity index (χ4n) is 8.59. The lowest BCUT2D eigenvalue weighted by atomic mass is 9.43. The van der Waals surface area contributed by atoms with E-state index in [9.17, 15) is 0 Å². The number of aryl methyl sites for hydroxylation is 1. The van der Waals surface area contributed by atoms with Crippen LogP contribution in [-0.2, 0) is 12.0 Å². The van der Waals surface area contributed by atoms with E-state index < -0.39 is 0 Å². The number of para-hydroxylation sites is 1. The number of anilines is 1. The average Bonchev–Trinajstić information content (AvgIpc) is 3.15. The lowest BCUT2D eigenvalue weighted by Crippen LogP contribution is -2.56.